The van der Waals surface area contributed by atoms with Gasteiger partial charge in [0.1, 0.15) is 6.61 Å². The van der Waals surface area contributed by atoms with Crippen molar-refractivity contribution in [3.05, 3.63) is 0 Å². The highest BCUT2D eigenvalue weighted by atomic mass is 31.2. The van der Waals surface area contributed by atoms with Crippen LogP contribution in [0.15, 0.2) is 0 Å². The smallest absolute Gasteiger partial charge is 0.462 e. The molecule has 0 amide bonds. The maximum atomic E-state index is 12.6. The Morgan fingerprint density at radius 1 is 0.562 bits per heavy atom. The van der Waals surface area contributed by atoms with Gasteiger partial charge in [0.25, 0.3) is 0 Å². The van der Waals surface area contributed by atoms with E-state index in [1.54, 1.807) is 7.05 Å². The molecule has 0 aromatic rings. The predicted molar refractivity (Wildman–Crippen MR) is 197 cm³/mol. The first kappa shape index (κ1) is 47.0. The molecule has 48 heavy (non-hydrogen) atoms. The van der Waals surface area contributed by atoms with Crippen LogP contribution in [-0.4, -0.2) is 56.3 Å². The van der Waals surface area contributed by atoms with Crippen molar-refractivity contribution in [1.29, 1.82) is 0 Å². The van der Waals surface area contributed by atoms with Crippen molar-refractivity contribution in [3.8, 4) is 0 Å². The third kappa shape index (κ3) is 34.9. The second-order valence-electron chi connectivity index (χ2n) is 13.5. The van der Waals surface area contributed by atoms with Crippen molar-refractivity contribution in [1.82, 2.24) is 5.32 Å². The predicted octanol–water partition coefficient (Wildman–Crippen LogP) is 10.8. The molecule has 0 radical (unpaired) electrons. The van der Waals surface area contributed by atoms with E-state index in [1.165, 1.54) is 128 Å². The number of phosphoric ester groups is 1. The largest absolute Gasteiger partial charge is 0.472 e. The van der Waals surface area contributed by atoms with E-state index in [2.05, 4.69) is 19.2 Å². The summed E-state index contributed by atoms with van der Waals surface area (Å²) in [7, 11) is -2.63. The normalized spacial score (nSPS) is 13.3. The van der Waals surface area contributed by atoms with Gasteiger partial charge in [0.2, 0.25) is 0 Å². The van der Waals surface area contributed by atoms with Crippen LogP contribution in [0, 0.1) is 0 Å². The zero-order valence-corrected chi connectivity index (χ0v) is 32.4. The lowest BCUT2D eigenvalue weighted by molar-refractivity contribution is -0.161. The van der Waals surface area contributed by atoms with E-state index in [1.807, 2.05) is 0 Å². The van der Waals surface area contributed by atoms with Crippen LogP contribution in [0.3, 0.4) is 0 Å². The summed E-state index contributed by atoms with van der Waals surface area (Å²) < 4.78 is 33.1. The van der Waals surface area contributed by atoms with Crippen molar-refractivity contribution in [2.75, 3.05) is 33.4 Å². The summed E-state index contributed by atoms with van der Waals surface area (Å²) in [6.07, 6.45) is 31.4. The van der Waals surface area contributed by atoms with Gasteiger partial charge in [0.05, 0.1) is 13.2 Å². The number of carbonyl (C=O) groups excluding carboxylic acids is 2. The van der Waals surface area contributed by atoms with Gasteiger partial charge in [-0.1, -0.05) is 168 Å². The molecule has 1 unspecified atom stereocenters. The third-order valence-electron chi connectivity index (χ3n) is 8.73. The molecule has 286 valence electrons. The van der Waals surface area contributed by atoms with Gasteiger partial charge in [0, 0.05) is 19.4 Å². The Morgan fingerprint density at radius 2 is 0.938 bits per heavy atom. The van der Waals surface area contributed by atoms with Crippen molar-refractivity contribution in [2.45, 2.75) is 200 Å². The Kier molecular flexibility index (Phi) is 35.1. The van der Waals surface area contributed by atoms with Gasteiger partial charge in [-0.2, -0.15) is 0 Å². The van der Waals surface area contributed by atoms with E-state index >= 15 is 0 Å². The number of nitrogens with one attached hydrogen (secondary N) is 1. The number of ether oxygens (including phenoxy) is 2. The zero-order valence-electron chi connectivity index (χ0n) is 31.5. The number of esters is 2. The number of rotatable bonds is 38. The summed E-state index contributed by atoms with van der Waals surface area (Å²) in [5.74, 6) is -0.795. The molecule has 2 atom stereocenters. The molecule has 0 heterocycles. The first-order chi connectivity index (χ1) is 23.3. The van der Waals surface area contributed by atoms with Crippen molar-refractivity contribution in [3.63, 3.8) is 0 Å². The van der Waals surface area contributed by atoms with Gasteiger partial charge in [-0.3, -0.25) is 18.6 Å². The van der Waals surface area contributed by atoms with Crippen LogP contribution in [0.4, 0.5) is 0 Å². The van der Waals surface area contributed by atoms with E-state index in [9.17, 15) is 19.0 Å². The minimum atomic E-state index is -4.33. The van der Waals surface area contributed by atoms with E-state index in [0.717, 1.165) is 32.1 Å². The van der Waals surface area contributed by atoms with Gasteiger partial charge in [-0.05, 0) is 19.9 Å². The molecule has 2 N–H and O–H groups in total. The molecule has 0 aliphatic heterocycles. The summed E-state index contributed by atoms with van der Waals surface area (Å²) >= 11 is 0. The van der Waals surface area contributed by atoms with Crippen LogP contribution in [0.5, 0.6) is 0 Å². The Labute approximate surface area is 295 Å². The number of hydrogen-bond donors (Lipinski definition) is 2. The number of phosphoric acid groups is 1. The minimum Gasteiger partial charge on any atom is -0.462 e. The van der Waals surface area contributed by atoms with Gasteiger partial charge >= 0.3 is 19.8 Å². The fourth-order valence-electron chi connectivity index (χ4n) is 5.67. The molecule has 0 bridgehead atoms. The van der Waals surface area contributed by atoms with Crippen molar-refractivity contribution < 1.29 is 37.6 Å². The quantitative estimate of drug-likeness (QED) is 0.0367. The molecule has 0 aromatic carbocycles. The second-order valence-corrected chi connectivity index (χ2v) is 14.9. The lowest BCUT2D eigenvalue weighted by Crippen LogP contribution is -2.29. The van der Waals surface area contributed by atoms with Crippen LogP contribution in [0.25, 0.3) is 0 Å². The van der Waals surface area contributed by atoms with Gasteiger partial charge in [-0.25, -0.2) is 4.57 Å². The van der Waals surface area contributed by atoms with E-state index < -0.39 is 26.5 Å². The Bertz CT molecular complexity index is 769. The lowest BCUT2D eigenvalue weighted by Gasteiger charge is -2.20. The zero-order chi connectivity index (χ0) is 35.4. The molecule has 0 spiro atoms. The topological polar surface area (TPSA) is 120 Å². The molecule has 0 rings (SSSR count). The summed E-state index contributed by atoms with van der Waals surface area (Å²) in [5.41, 5.74) is 0. The summed E-state index contributed by atoms with van der Waals surface area (Å²) in [6, 6.07) is 0. The van der Waals surface area contributed by atoms with E-state index in [-0.39, 0.29) is 25.6 Å². The lowest BCUT2D eigenvalue weighted by atomic mass is 10.0. The van der Waals surface area contributed by atoms with Gasteiger partial charge < -0.3 is 19.7 Å². The Morgan fingerprint density at radius 3 is 1.33 bits per heavy atom. The Balaban J connectivity index is 4.24. The first-order valence-corrected chi connectivity index (χ1v) is 21.5. The van der Waals surface area contributed by atoms with Gasteiger partial charge in [0.15, 0.2) is 6.10 Å². The highest BCUT2D eigenvalue weighted by molar-refractivity contribution is 7.47. The Hall–Kier alpha value is -0.990. The van der Waals surface area contributed by atoms with Crippen LogP contribution >= 0.6 is 7.82 Å². The molecular weight excluding hydrogens is 629 g/mol. The number of likely N-dealkylation sites (N-methyl/N-ethyl adjacent to an activating group) is 1. The van der Waals surface area contributed by atoms with E-state index in [4.69, 9.17) is 18.5 Å². The first-order valence-electron chi connectivity index (χ1n) is 20.0. The number of unbranched alkanes of at least 4 members (excludes halogenated alkanes) is 24. The van der Waals surface area contributed by atoms with Crippen molar-refractivity contribution >= 4 is 19.8 Å². The van der Waals surface area contributed by atoms with Gasteiger partial charge in [-0.15, -0.1) is 0 Å². The SMILES string of the molecule is CCCCCCCCCCCCCCCC(=O)OC[C@@H](COP(=O)(O)OCCNC)OC(=O)CCCCCCCCCCCCCCC. The average Bonchev–Trinajstić information content (AvgIpc) is 3.06. The summed E-state index contributed by atoms with van der Waals surface area (Å²) in [4.78, 5) is 34.9. The molecule has 9 nitrogen and oxygen atoms in total. The second kappa shape index (κ2) is 35.8. The van der Waals surface area contributed by atoms with Crippen LogP contribution < -0.4 is 5.32 Å². The summed E-state index contributed by atoms with van der Waals surface area (Å²) in [6.45, 7) is 4.24. The van der Waals surface area contributed by atoms with Crippen LogP contribution in [0.1, 0.15) is 194 Å². The number of hydrogen-bond acceptors (Lipinski definition) is 8. The molecule has 0 aromatic heterocycles. The maximum Gasteiger partial charge on any atom is 0.472 e. The van der Waals surface area contributed by atoms with Crippen LogP contribution in [-0.2, 0) is 32.7 Å². The minimum absolute atomic E-state index is 0.0120. The molecule has 0 saturated heterocycles. The van der Waals surface area contributed by atoms with Crippen molar-refractivity contribution in [2.24, 2.45) is 0 Å². The molecular formula is C38H76NO8P. The standard InChI is InChI=1S/C38H76NO8P/c1-4-6-8-10-12-14-16-18-20-22-24-26-28-30-37(40)44-34-36(35-46-48(42,43)45-33-32-39-3)47-38(41)31-29-27-25-23-21-19-17-15-13-11-9-7-5-2/h36,39H,4-35H2,1-3H3,(H,42,43)/t36-/m0/s1. The molecule has 0 fully saturated rings. The maximum absolute atomic E-state index is 12.6. The molecule has 0 saturated carbocycles. The average molecular weight is 706 g/mol. The molecule has 0 aliphatic carbocycles. The van der Waals surface area contributed by atoms with E-state index in [0.29, 0.717) is 19.4 Å². The third-order valence-corrected chi connectivity index (χ3v) is 9.71. The summed E-state index contributed by atoms with van der Waals surface area (Å²) in [5, 5.41) is 2.82. The molecule has 10 heteroatoms. The fraction of sp³-hybridized carbons (Fsp3) is 0.947. The monoisotopic (exact) mass is 706 g/mol. The van der Waals surface area contributed by atoms with Crippen LogP contribution in [0.2, 0.25) is 0 Å². The highest BCUT2D eigenvalue weighted by Gasteiger charge is 2.26. The number of carbonyl (C=O) groups is 2. The highest BCUT2D eigenvalue weighted by Crippen LogP contribution is 2.43. The fourth-order valence-corrected chi connectivity index (χ4v) is 6.42. The molecule has 0 aliphatic rings.